The van der Waals surface area contributed by atoms with Crippen molar-refractivity contribution in [3.8, 4) is 0 Å². The molecular formula is C16H32O2Si. The van der Waals surface area contributed by atoms with Crippen LogP contribution in [0.3, 0.4) is 0 Å². The summed E-state index contributed by atoms with van der Waals surface area (Å²) in [5.41, 5.74) is 0. The van der Waals surface area contributed by atoms with E-state index >= 15 is 0 Å². The Bertz CT molecular complexity index is 213. The van der Waals surface area contributed by atoms with Crippen LogP contribution in [0.1, 0.15) is 64.2 Å². The number of hydrogen-bond acceptors (Lipinski definition) is 2. The SMILES string of the molecule is CO[SiH](CC(C1CCCCC1)C1CCCCC1)OC. The van der Waals surface area contributed by atoms with Crippen LogP contribution in [0.2, 0.25) is 6.04 Å². The molecule has 2 aliphatic rings. The summed E-state index contributed by atoms with van der Waals surface area (Å²) >= 11 is 0. The highest BCUT2D eigenvalue weighted by Gasteiger charge is 2.33. The zero-order chi connectivity index (χ0) is 13.5. The Balaban J connectivity index is 1.97. The van der Waals surface area contributed by atoms with Crippen LogP contribution in [0, 0.1) is 17.8 Å². The Morgan fingerprint density at radius 3 is 1.58 bits per heavy atom. The van der Waals surface area contributed by atoms with Gasteiger partial charge in [0.1, 0.15) is 0 Å². The van der Waals surface area contributed by atoms with Gasteiger partial charge in [0.15, 0.2) is 0 Å². The van der Waals surface area contributed by atoms with Gasteiger partial charge in [0.05, 0.1) is 0 Å². The van der Waals surface area contributed by atoms with Gasteiger partial charge in [-0.1, -0.05) is 64.2 Å². The van der Waals surface area contributed by atoms with Crippen LogP contribution in [0.5, 0.6) is 0 Å². The minimum absolute atomic E-state index is 0.900. The van der Waals surface area contributed by atoms with Gasteiger partial charge in [-0.25, -0.2) is 0 Å². The first kappa shape index (κ1) is 15.5. The molecule has 19 heavy (non-hydrogen) atoms. The molecule has 112 valence electrons. The fourth-order valence-corrected chi connectivity index (χ4v) is 6.20. The quantitative estimate of drug-likeness (QED) is 0.678. The van der Waals surface area contributed by atoms with Crippen molar-refractivity contribution in [2.45, 2.75) is 70.3 Å². The Kier molecular flexibility index (Phi) is 6.89. The topological polar surface area (TPSA) is 18.5 Å². The van der Waals surface area contributed by atoms with E-state index in [2.05, 4.69) is 0 Å². The normalized spacial score (nSPS) is 23.4. The van der Waals surface area contributed by atoms with E-state index < -0.39 is 9.28 Å². The van der Waals surface area contributed by atoms with Crippen molar-refractivity contribution < 1.29 is 8.85 Å². The maximum atomic E-state index is 5.63. The average Bonchev–Trinajstić information content (AvgIpc) is 2.50. The Labute approximate surface area is 121 Å². The van der Waals surface area contributed by atoms with Crippen LogP contribution in [0.25, 0.3) is 0 Å². The smallest absolute Gasteiger partial charge is 0.321 e. The van der Waals surface area contributed by atoms with E-state index in [1.807, 2.05) is 14.2 Å². The summed E-state index contributed by atoms with van der Waals surface area (Å²) in [7, 11) is 2.30. The Morgan fingerprint density at radius 2 is 1.21 bits per heavy atom. The molecule has 0 atom stereocenters. The van der Waals surface area contributed by atoms with E-state index in [1.165, 1.54) is 70.3 Å². The van der Waals surface area contributed by atoms with Crippen molar-refractivity contribution >= 4 is 9.28 Å². The van der Waals surface area contributed by atoms with Crippen LogP contribution < -0.4 is 0 Å². The lowest BCUT2D eigenvalue weighted by Crippen LogP contribution is -2.33. The van der Waals surface area contributed by atoms with Crippen molar-refractivity contribution in [2.24, 2.45) is 17.8 Å². The molecule has 2 nitrogen and oxygen atoms in total. The molecule has 2 fully saturated rings. The summed E-state index contributed by atoms with van der Waals surface area (Å²) in [6, 6.07) is 1.25. The summed E-state index contributed by atoms with van der Waals surface area (Å²) in [4.78, 5) is 0. The zero-order valence-electron chi connectivity index (χ0n) is 12.9. The zero-order valence-corrected chi connectivity index (χ0v) is 14.1. The van der Waals surface area contributed by atoms with Gasteiger partial charge >= 0.3 is 9.28 Å². The van der Waals surface area contributed by atoms with Gasteiger partial charge in [0.2, 0.25) is 0 Å². The molecule has 0 aromatic carbocycles. The summed E-state index contributed by atoms with van der Waals surface area (Å²) in [5, 5.41) is 0. The average molecular weight is 285 g/mol. The number of rotatable bonds is 6. The summed E-state index contributed by atoms with van der Waals surface area (Å²) in [6.45, 7) is 0. The highest BCUT2D eigenvalue weighted by Crippen LogP contribution is 2.42. The van der Waals surface area contributed by atoms with Crippen molar-refractivity contribution in [3.05, 3.63) is 0 Å². The standard InChI is InChI=1S/C16H32O2Si/c1-17-19(18-2)13-16(14-9-5-3-6-10-14)15-11-7-4-8-12-15/h14-16,19H,3-13H2,1-2H3. The molecule has 0 N–H and O–H groups in total. The van der Waals surface area contributed by atoms with E-state index in [0.717, 1.165) is 17.8 Å². The first-order valence-electron chi connectivity index (χ1n) is 8.40. The fraction of sp³-hybridized carbons (Fsp3) is 1.00. The summed E-state index contributed by atoms with van der Waals surface area (Å²) in [6.07, 6.45) is 14.6. The molecular weight excluding hydrogens is 252 g/mol. The van der Waals surface area contributed by atoms with Gasteiger partial charge in [0, 0.05) is 14.2 Å². The second-order valence-corrected chi connectivity index (χ2v) is 8.87. The maximum Gasteiger partial charge on any atom is 0.321 e. The third-order valence-corrected chi connectivity index (χ3v) is 7.48. The Morgan fingerprint density at radius 1 is 0.789 bits per heavy atom. The van der Waals surface area contributed by atoms with E-state index in [1.54, 1.807) is 0 Å². The van der Waals surface area contributed by atoms with Crippen LogP contribution in [-0.2, 0) is 8.85 Å². The minimum Gasteiger partial charge on any atom is -0.400 e. The van der Waals surface area contributed by atoms with Gasteiger partial charge < -0.3 is 8.85 Å². The molecule has 0 radical (unpaired) electrons. The van der Waals surface area contributed by atoms with Crippen LogP contribution in [0.15, 0.2) is 0 Å². The lowest BCUT2D eigenvalue weighted by atomic mass is 9.70. The maximum absolute atomic E-state index is 5.63. The number of hydrogen-bond donors (Lipinski definition) is 0. The molecule has 2 saturated carbocycles. The molecule has 3 heteroatoms. The second kappa shape index (κ2) is 8.43. The molecule has 0 aromatic rings. The highest BCUT2D eigenvalue weighted by molar-refractivity contribution is 6.44. The van der Waals surface area contributed by atoms with Crippen molar-refractivity contribution in [2.75, 3.05) is 14.2 Å². The third-order valence-electron chi connectivity index (χ3n) is 5.50. The van der Waals surface area contributed by atoms with Crippen molar-refractivity contribution in [3.63, 3.8) is 0 Å². The van der Waals surface area contributed by atoms with Crippen molar-refractivity contribution in [1.82, 2.24) is 0 Å². The largest absolute Gasteiger partial charge is 0.400 e. The first-order valence-corrected chi connectivity index (χ1v) is 10.2. The summed E-state index contributed by atoms with van der Waals surface area (Å²) in [5.74, 6) is 2.84. The first-order chi connectivity index (χ1) is 9.35. The molecule has 2 aliphatic carbocycles. The molecule has 0 aromatic heterocycles. The molecule has 0 bridgehead atoms. The predicted octanol–water partition coefficient (Wildman–Crippen LogP) is 4.28. The van der Waals surface area contributed by atoms with Gasteiger partial charge in [-0.2, -0.15) is 0 Å². The molecule has 2 rings (SSSR count). The van der Waals surface area contributed by atoms with Gasteiger partial charge in [-0.05, 0) is 23.8 Å². The minimum atomic E-state index is -1.39. The third kappa shape index (κ3) is 4.57. The lowest BCUT2D eigenvalue weighted by molar-refractivity contribution is 0.146. The monoisotopic (exact) mass is 284 g/mol. The van der Waals surface area contributed by atoms with E-state index in [0.29, 0.717) is 0 Å². The lowest BCUT2D eigenvalue weighted by Gasteiger charge is -2.38. The van der Waals surface area contributed by atoms with Crippen LogP contribution in [-0.4, -0.2) is 23.5 Å². The molecule has 0 unspecified atom stereocenters. The van der Waals surface area contributed by atoms with E-state index in [-0.39, 0.29) is 0 Å². The molecule has 0 spiro atoms. The molecule has 0 heterocycles. The fourth-order valence-electron chi connectivity index (χ4n) is 4.41. The van der Waals surface area contributed by atoms with E-state index in [4.69, 9.17) is 8.85 Å². The highest BCUT2D eigenvalue weighted by atomic mass is 28.3. The van der Waals surface area contributed by atoms with Crippen LogP contribution >= 0.6 is 0 Å². The Hall–Kier alpha value is 0.137. The van der Waals surface area contributed by atoms with Crippen LogP contribution in [0.4, 0.5) is 0 Å². The van der Waals surface area contributed by atoms with E-state index in [9.17, 15) is 0 Å². The van der Waals surface area contributed by atoms with Gasteiger partial charge in [-0.3, -0.25) is 0 Å². The predicted molar refractivity (Wildman–Crippen MR) is 82.6 cm³/mol. The van der Waals surface area contributed by atoms with Gasteiger partial charge in [0.25, 0.3) is 0 Å². The van der Waals surface area contributed by atoms with Gasteiger partial charge in [-0.15, -0.1) is 0 Å². The van der Waals surface area contributed by atoms with Crippen molar-refractivity contribution in [1.29, 1.82) is 0 Å². The molecule has 0 saturated heterocycles. The molecule has 0 aliphatic heterocycles. The second-order valence-electron chi connectivity index (χ2n) is 6.60. The molecule has 0 amide bonds. The summed E-state index contributed by atoms with van der Waals surface area (Å²) < 4.78 is 11.3.